The first-order chi connectivity index (χ1) is 12.7. The molecule has 0 saturated heterocycles. The van der Waals surface area contributed by atoms with Crippen LogP contribution in [0.3, 0.4) is 0 Å². The molecule has 0 aliphatic heterocycles. The predicted octanol–water partition coefficient (Wildman–Crippen LogP) is 2.36. The van der Waals surface area contributed by atoms with Gasteiger partial charge in [-0.3, -0.25) is 0 Å². The summed E-state index contributed by atoms with van der Waals surface area (Å²) in [6, 6.07) is 15.3. The Bertz CT molecular complexity index is 842. The Labute approximate surface area is 163 Å². The Morgan fingerprint density at radius 2 is 1.93 bits per heavy atom. The number of aliphatic hydroxyl groups excluding tert-OH is 1. The van der Waals surface area contributed by atoms with Crippen LogP contribution in [-0.4, -0.2) is 45.1 Å². The molecule has 1 heterocycles. The Kier molecular flexibility index (Phi) is 7.54. The Morgan fingerprint density at radius 3 is 2.63 bits per heavy atom. The largest absolute Gasteiger partial charge is 0.493 e. The molecule has 1 aromatic heterocycles. The highest BCUT2D eigenvalue weighted by Crippen LogP contribution is 2.32. The number of halogens is 1. The second-order valence-corrected chi connectivity index (χ2v) is 5.78. The fourth-order valence-corrected chi connectivity index (χ4v) is 2.40. The summed E-state index contributed by atoms with van der Waals surface area (Å²) < 4.78 is 12.8. The van der Waals surface area contributed by atoms with Crippen molar-refractivity contribution in [2.75, 3.05) is 13.7 Å². The molecule has 27 heavy (non-hydrogen) atoms. The number of benzene rings is 2. The van der Waals surface area contributed by atoms with Gasteiger partial charge in [0.05, 0.1) is 18.9 Å². The highest BCUT2D eigenvalue weighted by molar-refractivity contribution is 5.85. The zero-order valence-corrected chi connectivity index (χ0v) is 15.9. The van der Waals surface area contributed by atoms with Gasteiger partial charge in [-0.2, -0.15) is 4.68 Å². The minimum Gasteiger partial charge on any atom is -0.493 e. The summed E-state index contributed by atoms with van der Waals surface area (Å²) in [6.07, 6.45) is -0.392. The number of hydrogen-bond acceptors (Lipinski definition) is 7. The zero-order chi connectivity index (χ0) is 18.4. The van der Waals surface area contributed by atoms with Crippen LogP contribution in [0.4, 0.5) is 0 Å². The molecule has 8 nitrogen and oxygen atoms in total. The summed E-state index contributed by atoms with van der Waals surface area (Å²) in [7, 11) is 1.58. The maximum absolute atomic E-state index is 9.31. The van der Waals surface area contributed by atoms with Gasteiger partial charge in [-0.1, -0.05) is 29.4 Å². The summed E-state index contributed by atoms with van der Waals surface area (Å²) in [5.74, 6) is 1.09. The minimum absolute atomic E-state index is 0. The number of aromatic nitrogens is 4. The van der Waals surface area contributed by atoms with E-state index in [-0.39, 0.29) is 18.4 Å². The van der Waals surface area contributed by atoms with Crippen molar-refractivity contribution in [2.45, 2.75) is 19.6 Å². The molecule has 0 amide bonds. The lowest BCUT2D eigenvalue weighted by molar-refractivity contribution is 0.191. The average Bonchev–Trinajstić information content (AvgIpc) is 3.11. The number of nitrogens with zero attached hydrogens (tertiary/aromatic N) is 4. The first-order valence-corrected chi connectivity index (χ1v) is 8.24. The molecule has 0 aliphatic rings. The first-order valence-electron chi connectivity index (χ1n) is 8.24. The van der Waals surface area contributed by atoms with Crippen molar-refractivity contribution in [1.82, 2.24) is 25.5 Å². The Morgan fingerprint density at radius 1 is 1.15 bits per heavy atom. The fourth-order valence-electron chi connectivity index (χ4n) is 2.40. The molecule has 0 aliphatic carbocycles. The molecule has 2 aromatic carbocycles. The number of hydrogen-bond donors (Lipinski definition) is 2. The van der Waals surface area contributed by atoms with Crippen LogP contribution < -0.4 is 14.8 Å². The number of ether oxygens (including phenoxy) is 2. The van der Waals surface area contributed by atoms with Gasteiger partial charge in [-0.25, -0.2) is 0 Å². The van der Waals surface area contributed by atoms with Crippen molar-refractivity contribution in [3.63, 3.8) is 0 Å². The topological polar surface area (TPSA) is 94.3 Å². The third-order valence-electron chi connectivity index (χ3n) is 3.64. The van der Waals surface area contributed by atoms with Crippen LogP contribution in [0.25, 0.3) is 5.69 Å². The van der Waals surface area contributed by atoms with E-state index in [1.165, 1.54) is 4.68 Å². The lowest BCUT2D eigenvalue weighted by Crippen LogP contribution is -2.23. The average molecular weight is 392 g/mol. The number of para-hydroxylation sites is 1. The molecule has 0 radical (unpaired) electrons. The molecule has 1 unspecified atom stereocenters. The predicted molar refractivity (Wildman–Crippen MR) is 103 cm³/mol. The van der Waals surface area contributed by atoms with Crippen molar-refractivity contribution >= 4 is 12.4 Å². The third-order valence-corrected chi connectivity index (χ3v) is 3.64. The molecule has 9 heteroatoms. The van der Waals surface area contributed by atoms with Gasteiger partial charge in [0, 0.05) is 13.1 Å². The van der Waals surface area contributed by atoms with E-state index in [1.54, 1.807) is 14.0 Å². The number of nitrogens with one attached hydrogen (secondary N) is 1. The van der Waals surface area contributed by atoms with E-state index < -0.39 is 6.10 Å². The van der Waals surface area contributed by atoms with E-state index >= 15 is 0 Å². The van der Waals surface area contributed by atoms with Crippen molar-refractivity contribution in [1.29, 1.82) is 0 Å². The Hall–Kier alpha value is -2.68. The summed E-state index contributed by atoms with van der Waals surface area (Å²) in [6.45, 7) is 2.87. The molecule has 3 aromatic rings. The van der Waals surface area contributed by atoms with E-state index in [9.17, 15) is 5.11 Å². The summed E-state index contributed by atoms with van der Waals surface area (Å²) in [5, 5.41) is 24.1. The van der Waals surface area contributed by atoms with E-state index in [2.05, 4.69) is 20.8 Å². The van der Waals surface area contributed by atoms with E-state index in [0.717, 1.165) is 11.3 Å². The molecule has 0 spiro atoms. The van der Waals surface area contributed by atoms with Gasteiger partial charge in [0.15, 0.2) is 11.5 Å². The van der Waals surface area contributed by atoms with Gasteiger partial charge >= 0.3 is 6.01 Å². The monoisotopic (exact) mass is 391 g/mol. The van der Waals surface area contributed by atoms with Crippen LogP contribution in [0, 0.1) is 0 Å². The third kappa shape index (κ3) is 5.40. The quantitative estimate of drug-likeness (QED) is 0.608. The number of aliphatic hydroxyl groups is 1. The summed E-state index contributed by atoms with van der Waals surface area (Å²) in [4.78, 5) is 0. The lowest BCUT2D eigenvalue weighted by atomic mass is 10.2. The molecular weight excluding hydrogens is 370 g/mol. The summed E-state index contributed by atoms with van der Waals surface area (Å²) in [5.41, 5.74) is 1.81. The maximum atomic E-state index is 9.31. The van der Waals surface area contributed by atoms with Crippen LogP contribution in [0.15, 0.2) is 48.5 Å². The zero-order valence-electron chi connectivity index (χ0n) is 15.1. The van der Waals surface area contributed by atoms with Crippen molar-refractivity contribution < 1.29 is 14.6 Å². The smallest absolute Gasteiger partial charge is 0.346 e. The van der Waals surface area contributed by atoms with Gasteiger partial charge < -0.3 is 19.9 Å². The number of tetrazole rings is 1. The van der Waals surface area contributed by atoms with Gasteiger partial charge in [0.2, 0.25) is 0 Å². The van der Waals surface area contributed by atoms with Crippen LogP contribution in [0.2, 0.25) is 0 Å². The van der Waals surface area contributed by atoms with Gasteiger partial charge in [0.1, 0.15) is 0 Å². The molecule has 0 saturated carbocycles. The first kappa shape index (κ1) is 20.6. The summed E-state index contributed by atoms with van der Waals surface area (Å²) >= 11 is 0. The van der Waals surface area contributed by atoms with Crippen molar-refractivity contribution in [3.8, 4) is 23.2 Å². The molecule has 0 fully saturated rings. The highest BCUT2D eigenvalue weighted by atomic mass is 35.5. The standard InChI is InChI=1S/C18H21N5O3.ClH/c1-13(24)11-19-12-14-8-9-16(17(10-14)25-2)26-18-20-21-22-23(18)15-6-4-3-5-7-15;/h3-10,13,19,24H,11-12H2,1-2H3;1H. The van der Waals surface area contributed by atoms with Crippen molar-refractivity contribution in [2.24, 2.45) is 0 Å². The second-order valence-electron chi connectivity index (χ2n) is 5.78. The van der Waals surface area contributed by atoms with E-state index in [1.807, 2.05) is 48.5 Å². The highest BCUT2D eigenvalue weighted by Gasteiger charge is 2.14. The maximum Gasteiger partial charge on any atom is 0.346 e. The van der Waals surface area contributed by atoms with Gasteiger partial charge in [-0.05, 0) is 47.2 Å². The number of rotatable bonds is 8. The van der Waals surface area contributed by atoms with E-state index in [4.69, 9.17) is 9.47 Å². The van der Waals surface area contributed by atoms with Gasteiger partial charge in [0.25, 0.3) is 0 Å². The molecule has 144 valence electrons. The SMILES string of the molecule is COc1cc(CNCC(C)O)ccc1Oc1nnnn1-c1ccccc1.Cl. The molecular formula is C18H22ClN5O3. The van der Waals surface area contributed by atoms with Crippen molar-refractivity contribution in [3.05, 3.63) is 54.1 Å². The van der Waals surface area contributed by atoms with Crippen LogP contribution in [0.1, 0.15) is 12.5 Å². The minimum atomic E-state index is -0.392. The van der Waals surface area contributed by atoms with Crippen LogP contribution in [-0.2, 0) is 6.54 Å². The normalized spacial score (nSPS) is 11.5. The molecule has 3 rings (SSSR count). The van der Waals surface area contributed by atoms with Gasteiger partial charge in [-0.15, -0.1) is 12.4 Å². The molecule has 0 bridgehead atoms. The lowest BCUT2D eigenvalue weighted by Gasteiger charge is -2.12. The number of methoxy groups -OCH3 is 1. The van der Waals surface area contributed by atoms with Crippen LogP contribution in [0.5, 0.6) is 17.5 Å². The van der Waals surface area contributed by atoms with E-state index in [0.29, 0.717) is 24.6 Å². The van der Waals surface area contributed by atoms with Crippen LogP contribution >= 0.6 is 12.4 Å². The fraction of sp³-hybridized carbons (Fsp3) is 0.278. The second kappa shape index (κ2) is 9.86. The Balaban J connectivity index is 0.00000261. The molecule has 2 N–H and O–H groups in total. The molecule has 1 atom stereocenters.